The fourth-order valence-electron chi connectivity index (χ4n) is 3.48. The fourth-order valence-corrected chi connectivity index (χ4v) is 6.30. The zero-order valence-corrected chi connectivity index (χ0v) is 21.0. The van der Waals surface area contributed by atoms with Gasteiger partial charge >= 0.3 is 0 Å². The molecule has 0 bridgehead atoms. The lowest BCUT2D eigenvalue weighted by Gasteiger charge is -2.16. The van der Waals surface area contributed by atoms with Gasteiger partial charge in [-0.2, -0.15) is 0 Å². The van der Waals surface area contributed by atoms with E-state index in [-0.39, 0.29) is 15.5 Å². The summed E-state index contributed by atoms with van der Waals surface area (Å²) in [6.07, 6.45) is 2.26. The first kappa shape index (κ1) is 24.5. The number of aryl methyl sites for hydroxylation is 3. The Morgan fingerprint density at radius 3 is 1.26 bits per heavy atom. The Morgan fingerprint density at radius 1 is 0.543 bits per heavy atom. The van der Waals surface area contributed by atoms with Crippen LogP contribution in [0.5, 0.6) is 0 Å². The first-order valence-corrected chi connectivity index (χ1v) is 13.7. The van der Waals surface area contributed by atoms with E-state index in [1.807, 2.05) is 32.9 Å². The third-order valence-electron chi connectivity index (χ3n) is 5.54. The predicted molar refractivity (Wildman–Crippen MR) is 136 cm³/mol. The van der Waals surface area contributed by atoms with Gasteiger partial charge in [0.25, 0.3) is 0 Å². The summed E-state index contributed by atoms with van der Waals surface area (Å²) < 4.78 is 53.8. The smallest absolute Gasteiger partial charge is 0.216 e. The number of rotatable bonds is 5. The van der Waals surface area contributed by atoms with Crippen molar-refractivity contribution >= 4 is 36.9 Å². The van der Waals surface area contributed by atoms with Gasteiger partial charge in [0.15, 0.2) is 0 Å². The second kappa shape index (κ2) is 9.20. The van der Waals surface area contributed by atoms with Gasteiger partial charge in [-0.3, -0.25) is 4.79 Å². The van der Waals surface area contributed by atoms with Crippen LogP contribution in [0.2, 0.25) is 0 Å². The van der Waals surface area contributed by atoms with Gasteiger partial charge in [0.1, 0.15) is 9.81 Å². The molecule has 1 aliphatic carbocycles. The van der Waals surface area contributed by atoms with Crippen LogP contribution in [0, 0.1) is 20.8 Å². The molecular weight excluding hydrogens is 482 g/mol. The minimum Gasteiger partial charge on any atom is -0.287 e. The lowest BCUT2D eigenvalue weighted by molar-refractivity contribution is -0.111. The number of nitrogens with zero attached hydrogens (tertiary/aromatic N) is 1. The molecule has 0 unspecified atom stereocenters. The van der Waals surface area contributed by atoms with Crippen LogP contribution >= 0.6 is 0 Å². The average molecular weight is 506 g/mol. The molecule has 4 rings (SSSR count). The van der Waals surface area contributed by atoms with Gasteiger partial charge in [0.05, 0.1) is 21.2 Å². The van der Waals surface area contributed by atoms with Gasteiger partial charge in [0.2, 0.25) is 25.5 Å². The highest BCUT2D eigenvalue weighted by Crippen LogP contribution is 2.31. The molecule has 0 amide bonds. The zero-order valence-electron chi connectivity index (χ0n) is 19.4. The molecule has 3 aromatic carbocycles. The molecule has 0 N–H and O–H groups in total. The molecule has 6 nitrogen and oxygen atoms in total. The van der Waals surface area contributed by atoms with Crippen molar-refractivity contribution < 1.29 is 21.6 Å². The number of sulfone groups is 2. The van der Waals surface area contributed by atoms with Gasteiger partial charge in [0, 0.05) is 0 Å². The highest BCUT2D eigenvalue weighted by molar-refractivity contribution is 7.98. The highest BCUT2D eigenvalue weighted by atomic mass is 32.2. The Kier molecular flexibility index (Phi) is 6.44. The number of allylic oxidation sites excluding steroid dienone is 4. The normalized spacial score (nSPS) is 14.4. The molecule has 0 atom stereocenters. The molecular formula is C27H23NO5S2. The van der Waals surface area contributed by atoms with E-state index in [2.05, 4.69) is 4.99 Å². The quantitative estimate of drug-likeness (QED) is 0.456. The number of carbonyl (C=O) groups excluding carboxylic acids is 1. The third-order valence-corrected chi connectivity index (χ3v) is 9.09. The van der Waals surface area contributed by atoms with E-state index in [0.717, 1.165) is 28.8 Å². The summed E-state index contributed by atoms with van der Waals surface area (Å²) in [4.78, 5) is 16.3. The maximum Gasteiger partial charge on any atom is 0.216 e. The molecule has 1 aliphatic rings. The molecule has 0 aliphatic heterocycles. The Balaban J connectivity index is 1.91. The molecule has 0 radical (unpaired) electrons. The number of hydrogen-bond acceptors (Lipinski definition) is 6. The van der Waals surface area contributed by atoms with Crippen LogP contribution in [-0.4, -0.2) is 28.3 Å². The van der Waals surface area contributed by atoms with Gasteiger partial charge in [-0.25, -0.2) is 21.8 Å². The van der Waals surface area contributed by atoms with Crippen molar-refractivity contribution in [1.82, 2.24) is 0 Å². The number of carbonyl (C=O) groups is 1. The molecule has 3 aromatic rings. The van der Waals surface area contributed by atoms with Gasteiger partial charge in [-0.05, 0) is 69.3 Å². The summed E-state index contributed by atoms with van der Waals surface area (Å²) in [7, 11) is -8.63. The maximum atomic E-state index is 13.4. The standard InChI is InChI=1S/C27H23NO5S2/c1-18-4-10-21(11-5-18)28-22-16-25(34(30,31)23-12-6-19(2)7-13-23)27(29)26(17-22)35(32,33)24-14-8-20(3)9-15-24/h4-17H,1-3H3. The second-order valence-corrected chi connectivity index (χ2v) is 12.2. The van der Waals surface area contributed by atoms with Crippen molar-refractivity contribution in [2.75, 3.05) is 0 Å². The molecule has 0 saturated heterocycles. The Hall–Kier alpha value is -3.62. The van der Waals surface area contributed by atoms with Crippen LogP contribution in [0.1, 0.15) is 16.7 Å². The summed E-state index contributed by atoms with van der Waals surface area (Å²) in [6, 6.07) is 19.1. The van der Waals surface area contributed by atoms with E-state index in [0.29, 0.717) is 5.69 Å². The first-order valence-electron chi connectivity index (χ1n) is 10.8. The largest absolute Gasteiger partial charge is 0.287 e. The van der Waals surface area contributed by atoms with Crippen molar-refractivity contribution in [3.63, 3.8) is 0 Å². The summed E-state index contributed by atoms with van der Waals surface area (Å²) in [5.41, 5.74) is 3.23. The molecule has 0 saturated carbocycles. The average Bonchev–Trinajstić information content (AvgIpc) is 2.82. The Labute approximate surface area is 205 Å². The van der Waals surface area contributed by atoms with Crippen LogP contribution in [-0.2, 0) is 24.5 Å². The van der Waals surface area contributed by atoms with Crippen molar-refractivity contribution in [2.45, 2.75) is 30.6 Å². The number of aliphatic imine (C=N–C) groups is 1. The van der Waals surface area contributed by atoms with Crippen molar-refractivity contribution in [3.8, 4) is 0 Å². The second-order valence-electron chi connectivity index (χ2n) is 8.35. The van der Waals surface area contributed by atoms with Gasteiger partial charge in [-0.1, -0.05) is 53.1 Å². The van der Waals surface area contributed by atoms with Crippen LogP contribution in [0.15, 0.2) is 110 Å². The zero-order chi connectivity index (χ0) is 25.4. The van der Waals surface area contributed by atoms with E-state index in [1.165, 1.54) is 24.3 Å². The van der Waals surface area contributed by atoms with Crippen molar-refractivity contribution in [1.29, 1.82) is 0 Å². The highest BCUT2D eigenvalue weighted by Gasteiger charge is 2.38. The monoisotopic (exact) mass is 505 g/mol. The molecule has 0 fully saturated rings. The predicted octanol–water partition coefficient (Wildman–Crippen LogP) is 4.98. The lowest BCUT2D eigenvalue weighted by Crippen LogP contribution is -2.25. The van der Waals surface area contributed by atoms with Crippen molar-refractivity contribution in [3.05, 3.63) is 111 Å². The van der Waals surface area contributed by atoms with Gasteiger partial charge < -0.3 is 0 Å². The van der Waals surface area contributed by atoms with E-state index in [1.54, 1.807) is 36.4 Å². The number of Topliss-reactive ketones (excluding diaryl/α,β-unsaturated/α-hetero) is 1. The molecule has 35 heavy (non-hydrogen) atoms. The first-order chi connectivity index (χ1) is 16.5. The number of hydrogen-bond donors (Lipinski definition) is 0. The summed E-state index contributed by atoms with van der Waals surface area (Å²) >= 11 is 0. The molecule has 8 heteroatoms. The van der Waals surface area contributed by atoms with E-state index >= 15 is 0 Å². The summed E-state index contributed by atoms with van der Waals surface area (Å²) in [5.74, 6) is -1.09. The maximum absolute atomic E-state index is 13.4. The Bertz CT molecular complexity index is 1510. The van der Waals surface area contributed by atoms with Crippen LogP contribution in [0.3, 0.4) is 0 Å². The lowest BCUT2D eigenvalue weighted by atomic mass is 10.1. The third kappa shape index (κ3) is 4.94. The van der Waals surface area contributed by atoms with Crippen molar-refractivity contribution in [2.24, 2.45) is 4.99 Å². The minimum absolute atomic E-state index is 0.0461. The fraction of sp³-hybridized carbons (Fsp3) is 0.111. The van der Waals surface area contributed by atoms with E-state index in [4.69, 9.17) is 0 Å². The topological polar surface area (TPSA) is 97.7 Å². The molecule has 0 heterocycles. The van der Waals surface area contributed by atoms with Crippen LogP contribution < -0.4 is 0 Å². The molecule has 0 spiro atoms. The van der Waals surface area contributed by atoms with E-state index in [9.17, 15) is 21.6 Å². The minimum atomic E-state index is -4.32. The SMILES string of the molecule is Cc1ccc(N=C2C=C(S(=O)(=O)c3ccc(C)cc3)C(=O)C(S(=O)(=O)c3ccc(C)cc3)=C2)cc1. The van der Waals surface area contributed by atoms with Crippen LogP contribution in [0.25, 0.3) is 0 Å². The molecule has 0 aromatic heterocycles. The molecule has 178 valence electrons. The van der Waals surface area contributed by atoms with Gasteiger partial charge in [-0.15, -0.1) is 0 Å². The van der Waals surface area contributed by atoms with Crippen LogP contribution in [0.4, 0.5) is 5.69 Å². The Morgan fingerprint density at radius 2 is 0.886 bits per heavy atom. The number of ketones is 1. The number of benzene rings is 3. The summed E-state index contributed by atoms with van der Waals surface area (Å²) in [6.45, 7) is 5.53. The summed E-state index contributed by atoms with van der Waals surface area (Å²) in [5, 5.41) is 0. The van der Waals surface area contributed by atoms with E-state index < -0.39 is 35.3 Å².